The molecule has 0 heterocycles. The predicted octanol–water partition coefficient (Wildman–Crippen LogP) is 4.15. The maximum Gasteiger partial charge on any atom is 0.416 e. The summed E-state index contributed by atoms with van der Waals surface area (Å²) in [5.74, 6) is 0.499. The van der Waals surface area contributed by atoms with Gasteiger partial charge in [-0.05, 0) is 30.5 Å². The van der Waals surface area contributed by atoms with E-state index >= 15 is 0 Å². The van der Waals surface area contributed by atoms with Gasteiger partial charge in [-0.3, -0.25) is 0 Å². The minimum absolute atomic E-state index is 0.223. The van der Waals surface area contributed by atoms with Crippen LogP contribution in [0.15, 0.2) is 24.3 Å². The van der Waals surface area contributed by atoms with E-state index in [2.05, 4.69) is 19.2 Å². The van der Waals surface area contributed by atoms with Crippen molar-refractivity contribution in [1.29, 1.82) is 0 Å². The Morgan fingerprint density at radius 1 is 1.19 bits per heavy atom. The molecule has 2 N–H and O–H groups in total. The molecule has 0 saturated heterocycles. The Morgan fingerprint density at radius 2 is 1.81 bits per heavy atom. The van der Waals surface area contributed by atoms with E-state index in [1.54, 1.807) is 0 Å². The first-order chi connectivity index (χ1) is 9.79. The van der Waals surface area contributed by atoms with Gasteiger partial charge in [-0.2, -0.15) is 13.2 Å². The lowest BCUT2D eigenvalue weighted by molar-refractivity contribution is -0.137. The van der Waals surface area contributed by atoms with Gasteiger partial charge in [0.1, 0.15) is 0 Å². The summed E-state index contributed by atoms with van der Waals surface area (Å²) in [6.45, 7) is 6.50. The molecule has 0 aliphatic rings. The largest absolute Gasteiger partial charge is 0.416 e. The smallest absolute Gasteiger partial charge is 0.387 e. The zero-order valence-electron chi connectivity index (χ0n) is 12.7. The van der Waals surface area contributed by atoms with Gasteiger partial charge >= 0.3 is 6.18 Å². The van der Waals surface area contributed by atoms with Gasteiger partial charge in [0.25, 0.3) is 0 Å². The van der Waals surface area contributed by atoms with E-state index in [9.17, 15) is 18.3 Å². The van der Waals surface area contributed by atoms with Crippen molar-refractivity contribution in [3.63, 3.8) is 0 Å². The van der Waals surface area contributed by atoms with E-state index in [-0.39, 0.29) is 18.2 Å². The highest BCUT2D eigenvalue weighted by atomic mass is 19.4. The third kappa shape index (κ3) is 5.32. The highest BCUT2D eigenvalue weighted by molar-refractivity contribution is 5.27. The quantitative estimate of drug-likeness (QED) is 0.793. The van der Waals surface area contributed by atoms with Crippen LogP contribution in [-0.2, 0) is 6.18 Å². The number of alkyl halides is 3. The number of rotatable bonds is 7. The molecule has 120 valence electrons. The molecule has 2 atom stereocenters. The molecule has 1 aromatic rings. The van der Waals surface area contributed by atoms with E-state index in [4.69, 9.17) is 0 Å². The minimum Gasteiger partial charge on any atom is -0.387 e. The standard InChI is InChI=1S/C16H24F3NO/c1-4-12(5-2)11(3)20-10-15(21)13-7-6-8-14(9-13)16(17,18)19/h6-9,11-12,15,20-21H,4-5,10H2,1-3H3. The monoisotopic (exact) mass is 303 g/mol. The second-order valence-electron chi connectivity index (χ2n) is 5.41. The molecule has 0 saturated carbocycles. The first-order valence-corrected chi connectivity index (χ1v) is 7.38. The van der Waals surface area contributed by atoms with Crippen molar-refractivity contribution in [3.8, 4) is 0 Å². The van der Waals surface area contributed by atoms with Crippen LogP contribution in [0.5, 0.6) is 0 Å². The molecule has 2 unspecified atom stereocenters. The van der Waals surface area contributed by atoms with Crippen LogP contribution in [0.1, 0.15) is 50.8 Å². The van der Waals surface area contributed by atoms with Crippen molar-refractivity contribution in [3.05, 3.63) is 35.4 Å². The summed E-state index contributed by atoms with van der Waals surface area (Å²) in [4.78, 5) is 0. The van der Waals surface area contributed by atoms with Crippen molar-refractivity contribution < 1.29 is 18.3 Å². The molecule has 0 amide bonds. The second-order valence-corrected chi connectivity index (χ2v) is 5.41. The second kappa shape index (κ2) is 7.80. The Kier molecular flexibility index (Phi) is 6.68. The Balaban J connectivity index is 2.66. The van der Waals surface area contributed by atoms with Crippen LogP contribution in [-0.4, -0.2) is 17.7 Å². The lowest BCUT2D eigenvalue weighted by Gasteiger charge is -2.24. The number of nitrogens with one attached hydrogen (secondary N) is 1. The molecule has 1 rings (SSSR count). The zero-order chi connectivity index (χ0) is 16.0. The molecule has 0 bridgehead atoms. The van der Waals surface area contributed by atoms with E-state index in [1.165, 1.54) is 12.1 Å². The number of benzene rings is 1. The van der Waals surface area contributed by atoms with Crippen molar-refractivity contribution in [2.75, 3.05) is 6.54 Å². The summed E-state index contributed by atoms with van der Waals surface area (Å²) in [5.41, 5.74) is -0.443. The number of aliphatic hydroxyl groups excluding tert-OH is 1. The third-order valence-corrected chi connectivity index (χ3v) is 3.99. The van der Waals surface area contributed by atoms with Crippen molar-refractivity contribution in [2.24, 2.45) is 5.92 Å². The first-order valence-electron chi connectivity index (χ1n) is 7.38. The summed E-state index contributed by atoms with van der Waals surface area (Å²) < 4.78 is 37.9. The summed E-state index contributed by atoms with van der Waals surface area (Å²) in [6, 6.07) is 5.08. The van der Waals surface area contributed by atoms with Crippen LogP contribution in [0.25, 0.3) is 0 Å². The fourth-order valence-electron chi connectivity index (χ4n) is 2.50. The molecule has 2 nitrogen and oxygen atoms in total. The molecule has 1 aromatic carbocycles. The van der Waals surface area contributed by atoms with Gasteiger partial charge < -0.3 is 10.4 Å². The van der Waals surface area contributed by atoms with Gasteiger partial charge in [0, 0.05) is 12.6 Å². The molecule has 5 heteroatoms. The summed E-state index contributed by atoms with van der Waals surface area (Å²) in [5, 5.41) is 13.3. The van der Waals surface area contributed by atoms with E-state index in [0.29, 0.717) is 5.92 Å². The molecule has 21 heavy (non-hydrogen) atoms. The van der Waals surface area contributed by atoms with Gasteiger partial charge in [-0.25, -0.2) is 0 Å². The molecule has 0 aromatic heterocycles. The maximum absolute atomic E-state index is 12.6. The average molecular weight is 303 g/mol. The molecule has 0 aliphatic heterocycles. The fourth-order valence-corrected chi connectivity index (χ4v) is 2.50. The summed E-state index contributed by atoms with van der Waals surface area (Å²) in [6.07, 6.45) is -3.26. The molecule has 0 spiro atoms. The van der Waals surface area contributed by atoms with Gasteiger partial charge in [-0.1, -0.05) is 38.8 Å². The lowest BCUT2D eigenvalue weighted by atomic mass is 9.95. The van der Waals surface area contributed by atoms with Gasteiger partial charge in [-0.15, -0.1) is 0 Å². The van der Waals surface area contributed by atoms with Crippen LogP contribution in [0.3, 0.4) is 0 Å². The summed E-state index contributed by atoms with van der Waals surface area (Å²) >= 11 is 0. The normalized spacial score (nSPS) is 15.2. The van der Waals surface area contributed by atoms with E-state index in [1.807, 2.05) is 6.92 Å². The highest BCUT2D eigenvalue weighted by Crippen LogP contribution is 2.30. The maximum atomic E-state index is 12.6. The van der Waals surface area contributed by atoms with Crippen molar-refractivity contribution in [2.45, 2.75) is 51.9 Å². The average Bonchev–Trinajstić information content (AvgIpc) is 2.45. The van der Waals surface area contributed by atoms with Gasteiger partial charge in [0.15, 0.2) is 0 Å². The Hall–Kier alpha value is -1.07. The number of halogens is 3. The van der Waals surface area contributed by atoms with Crippen LogP contribution in [0.4, 0.5) is 13.2 Å². The third-order valence-electron chi connectivity index (χ3n) is 3.99. The van der Waals surface area contributed by atoms with Crippen LogP contribution < -0.4 is 5.32 Å². The van der Waals surface area contributed by atoms with Crippen molar-refractivity contribution >= 4 is 0 Å². The fraction of sp³-hybridized carbons (Fsp3) is 0.625. The number of aliphatic hydroxyl groups is 1. The number of hydrogen-bond donors (Lipinski definition) is 2. The molecule has 0 radical (unpaired) electrons. The molecular formula is C16H24F3NO. The van der Waals surface area contributed by atoms with Crippen LogP contribution in [0.2, 0.25) is 0 Å². The Bertz CT molecular complexity index is 430. The molecule has 0 aliphatic carbocycles. The van der Waals surface area contributed by atoms with E-state index < -0.39 is 17.8 Å². The molecular weight excluding hydrogens is 279 g/mol. The van der Waals surface area contributed by atoms with E-state index in [0.717, 1.165) is 25.0 Å². The first kappa shape index (κ1) is 18.0. The lowest BCUT2D eigenvalue weighted by Crippen LogP contribution is -2.36. The Morgan fingerprint density at radius 3 is 2.33 bits per heavy atom. The minimum atomic E-state index is -4.38. The molecule has 0 fully saturated rings. The summed E-state index contributed by atoms with van der Waals surface area (Å²) in [7, 11) is 0. The number of hydrogen-bond acceptors (Lipinski definition) is 2. The zero-order valence-corrected chi connectivity index (χ0v) is 12.7. The van der Waals surface area contributed by atoms with Gasteiger partial charge in [0.05, 0.1) is 11.7 Å². The van der Waals surface area contributed by atoms with Crippen LogP contribution in [0, 0.1) is 5.92 Å². The topological polar surface area (TPSA) is 32.3 Å². The SMILES string of the molecule is CCC(CC)C(C)NCC(O)c1cccc(C(F)(F)F)c1. The van der Waals surface area contributed by atoms with Gasteiger partial charge in [0.2, 0.25) is 0 Å². The van der Waals surface area contributed by atoms with Crippen molar-refractivity contribution in [1.82, 2.24) is 5.32 Å². The highest BCUT2D eigenvalue weighted by Gasteiger charge is 2.30. The predicted molar refractivity (Wildman–Crippen MR) is 77.9 cm³/mol. The Labute approximate surface area is 124 Å². The van der Waals surface area contributed by atoms with Crippen LogP contribution >= 0.6 is 0 Å².